The van der Waals surface area contributed by atoms with Gasteiger partial charge in [0, 0.05) is 38.2 Å². The fraction of sp³-hybridized carbons (Fsp3) is 0.625. The van der Waals surface area contributed by atoms with Crippen molar-refractivity contribution < 1.29 is 63.9 Å². The number of carboxylic acid groups (broad SMARTS) is 1. The van der Waals surface area contributed by atoms with Crippen molar-refractivity contribution in [2.75, 3.05) is 0 Å². The van der Waals surface area contributed by atoms with Crippen LogP contribution in [0, 0.1) is 5.92 Å². The number of fused-ring (bicyclic) bond motifs is 4. The van der Waals surface area contributed by atoms with Crippen LogP contribution in [0.5, 0.6) is 0 Å². The van der Waals surface area contributed by atoms with Gasteiger partial charge in [-0.15, -0.1) is 0 Å². The normalized spacial score (nSPS) is 48.7. The highest BCUT2D eigenvalue weighted by molar-refractivity contribution is 5.82. The number of epoxide rings is 1. The molecule has 0 amide bonds. The molecule has 0 aromatic carbocycles. The smallest absolute Gasteiger partial charge is 0.330 e. The van der Waals surface area contributed by atoms with Gasteiger partial charge in [-0.05, 0) is 13.0 Å². The number of aliphatic hydroxyl groups is 5. The van der Waals surface area contributed by atoms with Gasteiger partial charge in [0.15, 0.2) is 12.1 Å². The zero-order valence-corrected chi connectivity index (χ0v) is 25.4. The van der Waals surface area contributed by atoms with Gasteiger partial charge in [-0.25, -0.2) is 4.79 Å². The zero-order valence-electron chi connectivity index (χ0n) is 25.4. The van der Waals surface area contributed by atoms with E-state index in [4.69, 9.17) is 23.7 Å². The molecule has 3 unspecified atom stereocenters. The number of rotatable bonds is 3. The molecule has 4 saturated heterocycles. The lowest BCUT2D eigenvalue weighted by molar-refractivity contribution is -0.305. The second kappa shape index (κ2) is 15.0. The van der Waals surface area contributed by atoms with Gasteiger partial charge < -0.3 is 54.3 Å². The van der Waals surface area contributed by atoms with Gasteiger partial charge in [-0.2, -0.15) is 0 Å². The van der Waals surface area contributed by atoms with E-state index in [0.29, 0.717) is 6.42 Å². The number of carboxylic acids is 1. The summed E-state index contributed by atoms with van der Waals surface area (Å²) in [6.45, 7) is 1.77. The maximum Gasteiger partial charge on any atom is 0.330 e. The Morgan fingerprint density at radius 2 is 1.70 bits per heavy atom. The lowest BCUT2D eigenvalue weighted by Crippen LogP contribution is -2.56. The second-order valence-corrected chi connectivity index (χ2v) is 12.4. The third kappa shape index (κ3) is 9.19. The fourth-order valence-electron chi connectivity index (χ4n) is 6.07. The number of carbonyl (C=O) groups excluding carboxylic acids is 1. The zero-order chi connectivity index (χ0) is 33.0. The highest BCUT2D eigenvalue weighted by Gasteiger charge is 2.55. The first kappa shape index (κ1) is 34.6. The van der Waals surface area contributed by atoms with Gasteiger partial charge in [0.1, 0.15) is 36.6 Å². The lowest BCUT2D eigenvalue weighted by atomic mass is 9.83. The van der Waals surface area contributed by atoms with Crippen molar-refractivity contribution in [3.63, 3.8) is 0 Å². The molecule has 4 fully saturated rings. The van der Waals surface area contributed by atoms with Crippen LogP contribution in [0.15, 0.2) is 60.8 Å². The summed E-state index contributed by atoms with van der Waals surface area (Å²) in [4.78, 5) is 24.4. The molecule has 5 heterocycles. The number of carbonyl (C=O) groups is 2. The number of allylic oxidation sites excluding steroid dienone is 6. The maximum atomic E-state index is 12.2. The van der Waals surface area contributed by atoms with Crippen molar-refractivity contribution in [2.45, 2.75) is 118 Å². The number of hydrogen-bond donors (Lipinski definition) is 7. The molecule has 0 spiro atoms. The van der Waals surface area contributed by atoms with E-state index in [2.05, 4.69) is 5.32 Å². The first-order valence-corrected chi connectivity index (χ1v) is 15.6. The average Bonchev–Trinajstić information content (AvgIpc) is 3.89. The quantitative estimate of drug-likeness (QED) is 0.154. The Labute approximate surface area is 266 Å². The van der Waals surface area contributed by atoms with Crippen molar-refractivity contribution in [3.05, 3.63) is 60.8 Å². The van der Waals surface area contributed by atoms with Crippen molar-refractivity contribution in [1.82, 2.24) is 5.32 Å². The van der Waals surface area contributed by atoms with Gasteiger partial charge in [-0.3, -0.25) is 10.1 Å². The summed E-state index contributed by atoms with van der Waals surface area (Å²) in [5, 5.41) is 66.8. The van der Waals surface area contributed by atoms with Crippen molar-refractivity contribution in [1.29, 1.82) is 0 Å². The van der Waals surface area contributed by atoms with Crippen LogP contribution in [0.2, 0.25) is 0 Å². The molecule has 254 valence electrons. The highest BCUT2D eigenvalue weighted by Crippen LogP contribution is 2.39. The second-order valence-electron chi connectivity index (χ2n) is 12.4. The minimum Gasteiger partial charge on any atom is -0.481 e. The number of esters is 1. The Morgan fingerprint density at radius 3 is 2.46 bits per heavy atom. The van der Waals surface area contributed by atoms with E-state index in [1.165, 1.54) is 12.2 Å². The summed E-state index contributed by atoms with van der Waals surface area (Å²) >= 11 is 0. The highest BCUT2D eigenvalue weighted by atomic mass is 16.7. The van der Waals surface area contributed by atoms with Gasteiger partial charge in [0.05, 0.1) is 36.6 Å². The summed E-state index contributed by atoms with van der Waals surface area (Å²) in [6.07, 6.45) is 5.79. The van der Waals surface area contributed by atoms with Crippen LogP contribution in [-0.2, 0) is 33.3 Å². The Hall–Kier alpha value is -2.76. The van der Waals surface area contributed by atoms with E-state index < -0.39 is 97.5 Å². The van der Waals surface area contributed by atoms with Crippen LogP contribution in [-0.4, -0.2) is 122 Å². The molecule has 5 rings (SSSR count). The molecule has 0 aromatic heterocycles. The van der Waals surface area contributed by atoms with Gasteiger partial charge in [0.2, 0.25) is 0 Å². The molecule has 0 radical (unpaired) electrons. The molecule has 0 aromatic rings. The number of ether oxygens (including phenoxy) is 5. The summed E-state index contributed by atoms with van der Waals surface area (Å²) in [5.41, 5.74) is 0. The predicted molar refractivity (Wildman–Crippen MR) is 158 cm³/mol. The SMILES string of the molecule is C[C@@H]1C\C=C/C=C/C=C/C=C/[C@H](O[C@@H]2O[C@@H]3NC3C(O)C2O)C[C@@H]2O[C@](O)(C[C@@H](O)C[C@H]3O[C@@H]3/C=C/C(=O)O1)C[C@H](O)[C@H]2C(=O)O. The van der Waals surface area contributed by atoms with Gasteiger partial charge in [0.25, 0.3) is 0 Å². The number of hydrogen-bond acceptors (Lipinski definition) is 13. The van der Waals surface area contributed by atoms with E-state index in [-0.39, 0.29) is 25.4 Å². The number of aliphatic hydroxyl groups excluding tert-OH is 4. The molecule has 14 atom stereocenters. The molecule has 14 heteroatoms. The number of cyclic esters (lactones) is 1. The van der Waals surface area contributed by atoms with E-state index >= 15 is 0 Å². The molecule has 14 nitrogen and oxygen atoms in total. The summed E-state index contributed by atoms with van der Waals surface area (Å²) < 4.78 is 28.5. The Bertz CT molecular complexity index is 1230. The predicted octanol–water partition coefficient (Wildman–Crippen LogP) is -0.298. The lowest BCUT2D eigenvalue weighted by Gasteiger charge is -2.44. The summed E-state index contributed by atoms with van der Waals surface area (Å²) in [5.74, 6) is -5.40. The molecule has 5 aliphatic rings. The van der Waals surface area contributed by atoms with E-state index in [9.17, 15) is 40.2 Å². The van der Waals surface area contributed by atoms with E-state index in [1.807, 2.05) is 6.08 Å². The monoisotopic (exact) mass is 649 g/mol. The largest absolute Gasteiger partial charge is 0.481 e. The van der Waals surface area contributed by atoms with Crippen LogP contribution in [0.3, 0.4) is 0 Å². The first-order valence-electron chi connectivity index (χ1n) is 15.6. The van der Waals surface area contributed by atoms with Crippen LogP contribution in [0.25, 0.3) is 0 Å². The van der Waals surface area contributed by atoms with Gasteiger partial charge in [-0.1, -0.05) is 48.6 Å². The summed E-state index contributed by atoms with van der Waals surface area (Å²) in [7, 11) is 0. The molecular weight excluding hydrogens is 606 g/mol. The minimum absolute atomic E-state index is 0.0871. The maximum absolute atomic E-state index is 12.2. The molecule has 5 aliphatic heterocycles. The van der Waals surface area contributed by atoms with Crippen molar-refractivity contribution in [3.8, 4) is 0 Å². The Morgan fingerprint density at radius 1 is 0.957 bits per heavy atom. The van der Waals surface area contributed by atoms with Crippen LogP contribution in [0.1, 0.15) is 39.0 Å². The summed E-state index contributed by atoms with van der Waals surface area (Å²) in [6, 6.07) is -0.421. The van der Waals surface area contributed by atoms with Crippen LogP contribution in [0.4, 0.5) is 0 Å². The van der Waals surface area contributed by atoms with Crippen LogP contribution < -0.4 is 5.32 Å². The van der Waals surface area contributed by atoms with Crippen molar-refractivity contribution >= 4 is 11.9 Å². The van der Waals surface area contributed by atoms with Crippen molar-refractivity contribution in [2.24, 2.45) is 5.92 Å². The molecule has 2 bridgehead atoms. The van der Waals surface area contributed by atoms with E-state index in [0.717, 1.165) is 0 Å². The topological polar surface area (TPSA) is 227 Å². The third-order valence-electron chi connectivity index (χ3n) is 8.53. The molecule has 7 N–H and O–H groups in total. The number of nitrogens with one attached hydrogen (secondary N) is 1. The van der Waals surface area contributed by atoms with Crippen LogP contribution >= 0.6 is 0 Å². The minimum atomic E-state index is -2.09. The molecule has 0 aliphatic carbocycles. The first-order chi connectivity index (χ1) is 21.9. The van der Waals surface area contributed by atoms with Gasteiger partial charge >= 0.3 is 11.9 Å². The molecule has 0 saturated carbocycles. The standard InChI is InChI=1S/C32H43NO13/c1-17-9-7-5-3-2-4-6-8-10-19(43-31-28(38)27(37)26-29(33-26)45-31)14-23-25(30(39)40)20(35)16-32(41,46-23)15-18(34)13-22-21(44-22)11-12-24(36)42-17/h2-8,10-12,17-23,25-29,31,33-35,37-38,41H,9,13-16H2,1H3,(H,39,40)/b3-2+,6-4+,7-5-,10-8+,12-11+/t17-,18+,19+,20+,21-,22-,23+,25-,26?,27?,28?,29+,31-,32-/m1/s1. The van der Waals surface area contributed by atoms with E-state index in [1.54, 1.807) is 49.5 Å². The number of aliphatic carboxylic acids is 1. The fourth-order valence-corrected chi connectivity index (χ4v) is 6.07. The Kier molecular flexibility index (Phi) is 11.3. The third-order valence-corrected chi connectivity index (χ3v) is 8.53. The molecule has 46 heavy (non-hydrogen) atoms. The average molecular weight is 650 g/mol. The Balaban J connectivity index is 1.36. The molecular formula is C32H43NO13.